The zero-order valence-corrected chi connectivity index (χ0v) is 7.88. The summed E-state index contributed by atoms with van der Waals surface area (Å²) in [5.74, 6) is 0. The highest BCUT2D eigenvalue weighted by Crippen LogP contribution is 2.20. The summed E-state index contributed by atoms with van der Waals surface area (Å²) >= 11 is 0. The number of ether oxygens (including phenoxy) is 1. The van der Waals surface area contributed by atoms with Crippen LogP contribution in [0.4, 0.5) is 0 Å². The zero-order chi connectivity index (χ0) is 8.81. The molecule has 1 rings (SSSR count). The van der Waals surface area contributed by atoms with Gasteiger partial charge < -0.3 is 15.8 Å². The van der Waals surface area contributed by atoms with E-state index >= 15 is 0 Å². The van der Waals surface area contributed by atoms with Crippen LogP contribution in [0.5, 0.6) is 0 Å². The van der Waals surface area contributed by atoms with Gasteiger partial charge in [0.05, 0.1) is 6.10 Å². The van der Waals surface area contributed by atoms with Crippen LogP contribution in [-0.2, 0) is 4.74 Å². The Balaban J connectivity index is 2.26. The Labute approximate surface area is 74.7 Å². The lowest BCUT2D eigenvalue weighted by Gasteiger charge is -2.31. The summed E-state index contributed by atoms with van der Waals surface area (Å²) in [5.41, 5.74) is 5.43. The number of hydrogen-bond acceptors (Lipinski definition) is 3. The Hall–Kier alpha value is -0.120. The third-order valence-electron chi connectivity index (χ3n) is 2.56. The van der Waals surface area contributed by atoms with E-state index in [4.69, 9.17) is 10.5 Å². The Kier molecular flexibility index (Phi) is 4.58. The van der Waals surface area contributed by atoms with Crippen LogP contribution >= 0.6 is 0 Å². The molecule has 1 saturated carbocycles. The van der Waals surface area contributed by atoms with Gasteiger partial charge in [-0.3, -0.25) is 0 Å². The average molecular weight is 172 g/mol. The highest BCUT2D eigenvalue weighted by atomic mass is 16.5. The Morgan fingerprint density at radius 1 is 1.42 bits per heavy atom. The first-order valence-electron chi connectivity index (χ1n) is 4.84. The van der Waals surface area contributed by atoms with Crippen LogP contribution in [0.1, 0.15) is 25.7 Å². The van der Waals surface area contributed by atoms with Crippen molar-refractivity contribution in [1.82, 2.24) is 5.32 Å². The molecule has 2 unspecified atom stereocenters. The van der Waals surface area contributed by atoms with Crippen LogP contribution in [0.2, 0.25) is 0 Å². The number of rotatable bonds is 4. The first-order chi connectivity index (χ1) is 5.88. The van der Waals surface area contributed by atoms with Crippen molar-refractivity contribution in [2.24, 2.45) is 5.73 Å². The molecular weight excluding hydrogens is 152 g/mol. The van der Waals surface area contributed by atoms with Gasteiger partial charge in [-0.15, -0.1) is 0 Å². The van der Waals surface area contributed by atoms with E-state index in [0.717, 1.165) is 6.54 Å². The maximum atomic E-state index is 5.43. The lowest BCUT2D eigenvalue weighted by molar-refractivity contribution is 0.0423. The fraction of sp³-hybridized carbons (Fsp3) is 1.00. The van der Waals surface area contributed by atoms with Crippen molar-refractivity contribution in [3.63, 3.8) is 0 Å². The predicted octanol–water partition coefficient (Wildman–Crippen LogP) is 0.492. The molecule has 0 aromatic rings. The normalized spacial score (nSPS) is 30.5. The largest absolute Gasteiger partial charge is 0.380 e. The minimum atomic E-state index is 0.408. The minimum Gasteiger partial charge on any atom is -0.380 e. The Morgan fingerprint density at radius 3 is 2.83 bits per heavy atom. The van der Waals surface area contributed by atoms with E-state index in [1.807, 2.05) is 0 Å². The quantitative estimate of drug-likeness (QED) is 0.649. The number of nitrogens with one attached hydrogen (secondary N) is 1. The molecule has 0 saturated heterocycles. The average Bonchev–Trinajstić information content (AvgIpc) is 2.15. The molecular formula is C9H20N2O. The van der Waals surface area contributed by atoms with Crippen molar-refractivity contribution in [1.29, 1.82) is 0 Å². The second-order valence-electron chi connectivity index (χ2n) is 3.41. The molecule has 0 aromatic carbocycles. The molecule has 0 spiro atoms. The smallest absolute Gasteiger partial charge is 0.0724 e. The molecule has 2 atom stereocenters. The standard InChI is InChI=1S/C9H20N2O/c1-12-9-5-3-2-4-8(9)11-7-6-10/h8-9,11H,2-7,10H2,1H3. The van der Waals surface area contributed by atoms with E-state index < -0.39 is 0 Å². The number of methoxy groups -OCH3 is 1. The van der Waals surface area contributed by atoms with Gasteiger partial charge in [-0.2, -0.15) is 0 Å². The summed E-state index contributed by atoms with van der Waals surface area (Å²) in [6.45, 7) is 1.62. The number of nitrogens with two attached hydrogens (primary N) is 1. The molecule has 72 valence electrons. The van der Waals surface area contributed by atoms with Gasteiger partial charge in [0.15, 0.2) is 0 Å². The van der Waals surface area contributed by atoms with Crippen LogP contribution in [0.3, 0.4) is 0 Å². The van der Waals surface area contributed by atoms with Gasteiger partial charge in [-0.1, -0.05) is 12.8 Å². The van der Waals surface area contributed by atoms with Crippen LogP contribution in [0, 0.1) is 0 Å². The fourth-order valence-corrected chi connectivity index (χ4v) is 1.88. The van der Waals surface area contributed by atoms with Crippen LogP contribution < -0.4 is 11.1 Å². The van der Waals surface area contributed by atoms with Crippen LogP contribution in [0.25, 0.3) is 0 Å². The van der Waals surface area contributed by atoms with Gasteiger partial charge in [-0.05, 0) is 12.8 Å². The molecule has 0 aliphatic heterocycles. The van der Waals surface area contributed by atoms with E-state index in [1.165, 1.54) is 25.7 Å². The topological polar surface area (TPSA) is 47.3 Å². The summed E-state index contributed by atoms with van der Waals surface area (Å²) in [4.78, 5) is 0. The second-order valence-corrected chi connectivity index (χ2v) is 3.41. The van der Waals surface area contributed by atoms with Crippen molar-refractivity contribution in [2.45, 2.75) is 37.8 Å². The van der Waals surface area contributed by atoms with E-state index in [1.54, 1.807) is 7.11 Å². The molecule has 3 nitrogen and oxygen atoms in total. The predicted molar refractivity (Wildman–Crippen MR) is 50.1 cm³/mol. The summed E-state index contributed by atoms with van der Waals surface area (Å²) in [7, 11) is 1.80. The number of hydrogen-bond donors (Lipinski definition) is 2. The molecule has 12 heavy (non-hydrogen) atoms. The summed E-state index contributed by atoms with van der Waals surface area (Å²) in [6, 6.07) is 0.535. The summed E-state index contributed by atoms with van der Waals surface area (Å²) in [6.07, 6.45) is 5.46. The molecule has 1 fully saturated rings. The summed E-state index contributed by atoms with van der Waals surface area (Å²) < 4.78 is 5.40. The minimum absolute atomic E-state index is 0.408. The second kappa shape index (κ2) is 5.51. The van der Waals surface area contributed by atoms with Crippen molar-refractivity contribution in [3.05, 3.63) is 0 Å². The molecule has 0 radical (unpaired) electrons. The van der Waals surface area contributed by atoms with Crippen LogP contribution in [-0.4, -0.2) is 32.3 Å². The Morgan fingerprint density at radius 2 is 2.17 bits per heavy atom. The van der Waals surface area contributed by atoms with Gasteiger partial charge in [0, 0.05) is 26.2 Å². The van der Waals surface area contributed by atoms with Gasteiger partial charge in [0.2, 0.25) is 0 Å². The highest BCUT2D eigenvalue weighted by Gasteiger charge is 2.23. The van der Waals surface area contributed by atoms with Gasteiger partial charge in [-0.25, -0.2) is 0 Å². The molecule has 1 aliphatic carbocycles. The maximum Gasteiger partial charge on any atom is 0.0724 e. The molecule has 3 heteroatoms. The third kappa shape index (κ3) is 2.73. The highest BCUT2D eigenvalue weighted by molar-refractivity contribution is 4.81. The van der Waals surface area contributed by atoms with Gasteiger partial charge in [0.25, 0.3) is 0 Å². The lowest BCUT2D eigenvalue weighted by Crippen LogP contribution is -2.44. The molecule has 0 bridgehead atoms. The zero-order valence-electron chi connectivity index (χ0n) is 7.88. The fourth-order valence-electron chi connectivity index (χ4n) is 1.88. The van der Waals surface area contributed by atoms with E-state index in [2.05, 4.69) is 5.32 Å². The molecule has 3 N–H and O–H groups in total. The first kappa shape index (κ1) is 9.96. The van der Waals surface area contributed by atoms with Crippen molar-refractivity contribution in [2.75, 3.05) is 20.2 Å². The van der Waals surface area contributed by atoms with Crippen molar-refractivity contribution >= 4 is 0 Å². The SMILES string of the molecule is COC1CCCCC1NCCN. The molecule has 0 amide bonds. The van der Waals surface area contributed by atoms with Gasteiger partial charge in [0.1, 0.15) is 0 Å². The van der Waals surface area contributed by atoms with E-state index in [-0.39, 0.29) is 0 Å². The molecule has 1 aliphatic rings. The molecule has 0 aromatic heterocycles. The van der Waals surface area contributed by atoms with Gasteiger partial charge >= 0.3 is 0 Å². The van der Waals surface area contributed by atoms with E-state index in [9.17, 15) is 0 Å². The Bertz CT molecular complexity index is 119. The molecule has 0 heterocycles. The first-order valence-corrected chi connectivity index (χ1v) is 4.84. The monoisotopic (exact) mass is 172 g/mol. The lowest BCUT2D eigenvalue weighted by atomic mass is 9.92. The third-order valence-corrected chi connectivity index (χ3v) is 2.56. The van der Waals surface area contributed by atoms with Crippen molar-refractivity contribution in [3.8, 4) is 0 Å². The maximum absolute atomic E-state index is 5.43. The van der Waals surface area contributed by atoms with E-state index in [0.29, 0.717) is 18.7 Å². The van der Waals surface area contributed by atoms with Crippen molar-refractivity contribution < 1.29 is 4.74 Å². The summed E-state index contributed by atoms with van der Waals surface area (Å²) in [5, 5.41) is 3.42. The van der Waals surface area contributed by atoms with Crippen LogP contribution in [0.15, 0.2) is 0 Å².